The second-order valence-corrected chi connectivity index (χ2v) is 6.73. The highest BCUT2D eigenvalue weighted by Gasteiger charge is 2.37. The molecule has 0 bridgehead atoms. The second kappa shape index (κ2) is 5.90. The van der Waals surface area contributed by atoms with Crippen molar-refractivity contribution in [3.8, 4) is 0 Å². The van der Waals surface area contributed by atoms with E-state index in [9.17, 15) is 13.2 Å². The first-order valence-corrected chi connectivity index (χ1v) is 7.98. The van der Waals surface area contributed by atoms with Gasteiger partial charge in [-0.2, -0.15) is 4.31 Å². The molecule has 0 spiro atoms. The van der Waals surface area contributed by atoms with Gasteiger partial charge in [0.15, 0.2) is 0 Å². The van der Waals surface area contributed by atoms with Crippen molar-refractivity contribution in [2.45, 2.75) is 30.7 Å². The minimum Gasteiger partial charge on any atom is -0.329 e. The summed E-state index contributed by atoms with van der Waals surface area (Å²) in [6.07, 6.45) is 1.78. The molecule has 1 aliphatic carbocycles. The van der Waals surface area contributed by atoms with Gasteiger partial charge >= 0.3 is 0 Å². The Labute approximate surface area is 119 Å². The van der Waals surface area contributed by atoms with Crippen LogP contribution in [0.4, 0.5) is 5.69 Å². The highest BCUT2D eigenvalue weighted by atomic mass is 32.2. The Morgan fingerprint density at radius 1 is 1.35 bits per heavy atom. The molecule has 1 amide bonds. The van der Waals surface area contributed by atoms with E-state index in [0.29, 0.717) is 18.8 Å². The number of anilines is 1. The van der Waals surface area contributed by atoms with Crippen LogP contribution in [0.5, 0.6) is 0 Å². The average molecular weight is 297 g/mol. The van der Waals surface area contributed by atoms with Crippen molar-refractivity contribution in [2.24, 2.45) is 5.73 Å². The van der Waals surface area contributed by atoms with Crippen LogP contribution in [0.15, 0.2) is 29.2 Å². The maximum Gasteiger partial charge on any atom is 0.243 e. The molecule has 0 atom stereocenters. The number of hydrogen-bond donors (Lipinski definition) is 2. The van der Waals surface area contributed by atoms with Crippen LogP contribution >= 0.6 is 0 Å². The van der Waals surface area contributed by atoms with Crippen molar-refractivity contribution >= 4 is 21.6 Å². The number of benzene rings is 1. The Bertz CT molecular complexity index is 579. The van der Waals surface area contributed by atoms with E-state index in [2.05, 4.69) is 5.32 Å². The molecule has 2 rings (SSSR count). The monoisotopic (exact) mass is 297 g/mol. The number of nitrogens with zero attached hydrogens (tertiary/aromatic N) is 1. The molecule has 1 aliphatic rings. The summed E-state index contributed by atoms with van der Waals surface area (Å²) < 4.78 is 26.5. The molecular weight excluding hydrogens is 278 g/mol. The third kappa shape index (κ3) is 3.36. The van der Waals surface area contributed by atoms with Gasteiger partial charge in [-0.3, -0.25) is 4.79 Å². The third-order valence-electron chi connectivity index (χ3n) is 3.08. The van der Waals surface area contributed by atoms with Crippen LogP contribution in [0.3, 0.4) is 0 Å². The molecule has 3 N–H and O–H groups in total. The lowest BCUT2D eigenvalue weighted by atomic mass is 10.3. The summed E-state index contributed by atoms with van der Waals surface area (Å²) in [4.78, 5) is 11.2. The number of rotatable bonds is 6. The summed E-state index contributed by atoms with van der Waals surface area (Å²) in [5, 5.41) is 2.61. The predicted molar refractivity (Wildman–Crippen MR) is 76.7 cm³/mol. The Kier molecular flexibility index (Phi) is 4.42. The minimum atomic E-state index is -3.50. The Morgan fingerprint density at radius 3 is 2.40 bits per heavy atom. The van der Waals surface area contributed by atoms with Gasteiger partial charge in [-0.1, -0.05) is 0 Å². The van der Waals surface area contributed by atoms with Gasteiger partial charge in [-0.05, 0) is 37.1 Å². The van der Waals surface area contributed by atoms with Crippen molar-refractivity contribution in [2.75, 3.05) is 18.4 Å². The molecule has 0 radical (unpaired) electrons. The smallest absolute Gasteiger partial charge is 0.243 e. The highest BCUT2D eigenvalue weighted by molar-refractivity contribution is 7.89. The zero-order valence-electron chi connectivity index (χ0n) is 11.4. The molecule has 1 saturated carbocycles. The summed E-state index contributed by atoms with van der Waals surface area (Å²) in [6.45, 7) is 2.04. The molecule has 1 aromatic carbocycles. The molecule has 7 heteroatoms. The lowest BCUT2D eigenvalue weighted by Gasteiger charge is -2.21. The van der Waals surface area contributed by atoms with Gasteiger partial charge < -0.3 is 11.1 Å². The second-order valence-electron chi connectivity index (χ2n) is 4.84. The van der Waals surface area contributed by atoms with Gasteiger partial charge in [0.1, 0.15) is 0 Å². The number of nitrogens with two attached hydrogens (primary N) is 1. The summed E-state index contributed by atoms with van der Waals surface area (Å²) in [5.41, 5.74) is 6.07. The molecular formula is C13H19N3O3S. The molecule has 0 heterocycles. The van der Waals surface area contributed by atoms with Crippen LogP contribution in [0.25, 0.3) is 0 Å². The first kappa shape index (κ1) is 15.0. The number of carbonyl (C=O) groups is 1. The third-order valence-corrected chi connectivity index (χ3v) is 5.05. The van der Waals surface area contributed by atoms with E-state index in [-0.39, 0.29) is 16.8 Å². The largest absolute Gasteiger partial charge is 0.329 e. The van der Waals surface area contributed by atoms with E-state index in [1.165, 1.54) is 23.4 Å². The van der Waals surface area contributed by atoms with Crippen LogP contribution in [0.2, 0.25) is 0 Å². The predicted octanol–water partition coefficient (Wildman–Crippen LogP) is 0.757. The number of amides is 1. The molecule has 110 valence electrons. The molecule has 1 aromatic rings. The quantitative estimate of drug-likeness (QED) is 0.810. The van der Waals surface area contributed by atoms with E-state index in [1.54, 1.807) is 12.1 Å². The van der Waals surface area contributed by atoms with Crippen LogP contribution in [0.1, 0.15) is 19.8 Å². The number of nitrogens with one attached hydrogen (secondary N) is 1. The van der Waals surface area contributed by atoms with Crippen molar-refractivity contribution in [3.63, 3.8) is 0 Å². The maximum atomic E-state index is 12.5. The number of sulfonamides is 1. The first-order chi connectivity index (χ1) is 9.45. The fourth-order valence-corrected chi connectivity index (χ4v) is 3.74. The summed E-state index contributed by atoms with van der Waals surface area (Å²) in [6, 6.07) is 6.27. The maximum absolute atomic E-state index is 12.5. The lowest BCUT2D eigenvalue weighted by Crippen LogP contribution is -2.37. The molecule has 0 aromatic heterocycles. The highest BCUT2D eigenvalue weighted by Crippen LogP contribution is 2.31. The SMILES string of the molecule is CC(=O)Nc1ccc(S(=O)(=O)N(CCN)C2CC2)cc1. The van der Waals surface area contributed by atoms with Crippen LogP contribution in [0, 0.1) is 0 Å². The Hall–Kier alpha value is -1.44. The molecule has 0 aliphatic heterocycles. The number of hydrogen-bond acceptors (Lipinski definition) is 4. The van der Waals surface area contributed by atoms with E-state index < -0.39 is 10.0 Å². The molecule has 0 saturated heterocycles. The van der Waals surface area contributed by atoms with Crippen LogP contribution in [-0.4, -0.2) is 37.8 Å². The first-order valence-electron chi connectivity index (χ1n) is 6.54. The van der Waals surface area contributed by atoms with E-state index in [1.807, 2.05) is 0 Å². The van der Waals surface area contributed by atoms with Crippen molar-refractivity contribution in [1.82, 2.24) is 4.31 Å². The lowest BCUT2D eigenvalue weighted by molar-refractivity contribution is -0.114. The Morgan fingerprint density at radius 2 is 1.95 bits per heavy atom. The minimum absolute atomic E-state index is 0.0820. The van der Waals surface area contributed by atoms with Gasteiger partial charge in [-0.15, -0.1) is 0 Å². The van der Waals surface area contributed by atoms with Crippen molar-refractivity contribution < 1.29 is 13.2 Å². The standard InChI is InChI=1S/C13H19N3O3S/c1-10(17)15-11-2-6-13(7-3-11)20(18,19)16(9-8-14)12-4-5-12/h2-3,6-7,12H,4-5,8-9,14H2,1H3,(H,15,17). The summed E-state index contributed by atoms with van der Waals surface area (Å²) >= 11 is 0. The zero-order chi connectivity index (χ0) is 14.8. The Balaban J connectivity index is 2.22. The zero-order valence-corrected chi connectivity index (χ0v) is 12.2. The average Bonchev–Trinajstić information content (AvgIpc) is 3.20. The summed E-state index contributed by atoms with van der Waals surface area (Å²) in [7, 11) is -3.50. The van der Waals surface area contributed by atoms with Gasteiger partial charge in [-0.25, -0.2) is 8.42 Å². The van der Waals surface area contributed by atoms with Gasteiger partial charge in [0, 0.05) is 31.7 Å². The molecule has 20 heavy (non-hydrogen) atoms. The van der Waals surface area contributed by atoms with Gasteiger partial charge in [0.2, 0.25) is 15.9 Å². The molecule has 1 fully saturated rings. The van der Waals surface area contributed by atoms with Gasteiger partial charge in [0.05, 0.1) is 4.90 Å². The van der Waals surface area contributed by atoms with E-state index in [0.717, 1.165) is 12.8 Å². The van der Waals surface area contributed by atoms with Gasteiger partial charge in [0.25, 0.3) is 0 Å². The topological polar surface area (TPSA) is 92.5 Å². The van der Waals surface area contributed by atoms with E-state index in [4.69, 9.17) is 5.73 Å². The van der Waals surface area contributed by atoms with Crippen molar-refractivity contribution in [3.05, 3.63) is 24.3 Å². The number of carbonyl (C=O) groups excluding carboxylic acids is 1. The van der Waals surface area contributed by atoms with Crippen molar-refractivity contribution in [1.29, 1.82) is 0 Å². The molecule has 6 nitrogen and oxygen atoms in total. The fourth-order valence-electron chi connectivity index (χ4n) is 2.04. The van der Waals surface area contributed by atoms with Crippen LogP contribution < -0.4 is 11.1 Å². The normalized spacial score (nSPS) is 15.3. The van der Waals surface area contributed by atoms with E-state index >= 15 is 0 Å². The van der Waals surface area contributed by atoms with Crippen LogP contribution in [-0.2, 0) is 14.8 Å². The fraction of sp³-hybridized carbons (Fsp3) is 0.462. The summed E-state index contributed by atoms with van der Waals surface area (Å²) in [5.74, 6) is -0.191. The molecule has 0 unspecified atom stereocenters.